The number of ether oxygens (including phenoxy) is 1. The summed E-state index contributed by atoms with van der Waals surface area (Å²) in [7, 11) is -1.59. The van der Waals surface area contributed by atoms with E-state index in [0.29, 0.717) is 23.1 Å². The zero-order chi connectivity index (χ0) is 27.6. The lowest BCUT2D eigenvalue weighted by molar-refractivity contribution is -0.115. The van der Waals surface area contributed by atoms with E-state index >= 15 is 0 Å². The Kier molecular flexibility index (Phi) is 8.71. The number of rotatable bonds is 10. The SMILES string of the molecule is COC1CCC(CN2Cc3sc(NC(=O)Cc4ccc(S(=O)(=O)CC5=CCC=C5)cc4)nc3[C@@H]2C(C)C)CC1. The number of aromatic nitrogens is 1. The van der Waals surface area contributed by atoms with Gasteiger partial charge in [-0.3, -0.25) is 9.69 Å². The number of amides is 1. The minimum absolute atomic E-state index is 0.00177. The summed E-state index contributed by atoms with van der Waals surface area (Å²) in [5.74, 6) is 0.987. The van der Waals surface area contributed by atoms with Gasteiger partial charge in [-0.15, -0.1) is 11.3 Å². The van der Waals surface area contributed by atoms with Crippen molar-refractivity contribution in [2.45, 2.75) is 76.0 Å². The molecule has 210 valence electrons. The molecule has 5 rings (SSSR count). The summed E-state index contributed by atoms with van der Waals surface area (Å²) in [6.07, 6.45) is 11.8. The molecular formula is C30H39N3O4S2. The molecular weight excluding hydrogens is 530 g/mol. The largest absolute Gasteiger partial charge is 0.381 e. The number of anilines is 1. The number of allylic oxidation sites excluding steroid dienone is 3. The first-order valence-corrected chi connectivity index (χ1v) is 16.4. The van der Waals surface area contributed by atoms with Crippen molar-refractivity contribution < 1.29 is 17.9 Å². The van der Waals surface area contributed by atoms with Crippen LogP contribution < -0.4 is 5.32 Å². The highest BCUT2D eigenvalue weighted by Crippen LogP contribution is 2.43. The van der Waals surface area contributed by atoms with Gasteiger partial charge in [0.2, 0.25) is 5.91 Å². The lowest BCUT2D eigenvalue weighted by Crippen LogP contribution is -2.34. The third-order valence-electron chi connectivity index (χ3n) is 8.10. The van der Waals surface area contributed by atoms with E-state index in [1.54, 1.807) is 35.6 Å². The van der Waals surface area contributed by atoms with Crippen LogP contribution in [0.3, 0.4) is 0 Å². The molecule has 0 bridgehead atoms. The summed E-state index contributed by atoms with van der Waals surface area (Å²) in [6.45, 7) is 6.47. The lowest BCUT2D eigenvalue weighted by Gasteiger charge is -2.34. The molecule has 1 amide bonds. The molecule has 0 saturated heterocycles. The molecule has 1 aliphatic heterocycles. The molecule has 1 aromatic carbocycles. The van der Waals surface area contributed by atoms with Crippen LogP contribution in [-0.2, 0) is 32.3 Å². The van der Waals surface area contributed by atoms with Crippen LogP contribution in [-0.4, -0.2) is 49.7 Å². The van der Waals surface area contributed by atoms with Gasteiger partial charge in [-0.05, 0) is 67.2 Å². The maximum atomic E-state index is 12.8. The molecule has 1 fully saturated rings. The molecule has 9 heteroatoms. The number of methoxy groups -OCH3 is 1. The van der Waals surface area contributed by atoms with Crippen LogP contribution in [0.4, 0.5) is 5.13 Å². The van der Waals surface area contributed by atoms with Crippen molar-refractivity contribution >= 4 is 32.2 Å². The van der Waals surface area contributed by atoms with Crippen LogP contribution in [0.5, 0.6) is 0 Å². The van der Waals surface area contributed by atoms with Gasteiger partial charge < -0.3 is 10.1 Å². The highest BCUT2D eigenvalue weighted by molar-refractivity contribution is 7.91. The standard InChI is InChI=1S/C30H39N3O4S2/c1-20(2)29-28-26(18-33(29)17-22-8-12-24(37-3)13-9-22)38-30(32-28)31-27(34)16-21-10-14-25(15-11-21)39(35,36)19-23-6-4-5-7-23/h4,6-7,10-11,14-15,20,22,24,29H,5,8-9,12-13,16-19H2,1-3H3,(H,31,32,34)/t22?,24?,29-/m0/s1. The molecule has 2 heterocycles. The Morgan fingerprint density at radius 1 is 1.18 bits per heavy atom. The first kappa shape index (κ1) is 28.2. The number of thiazole rings is 1. The normalized spacial score (nSPS) is 23.3. The smallest absolute Gasteiger partial charge is 0.230 e. The molecule has 1 atom stereocenters. The van der Waals surface area contributed by atoms with Crippen molar-refractivity contribution in [1.82, 2.24) is 9.88 Å². The Labute approximate surface area is 236 Å². The van der Waals surface area contributed by atoms with Crippen LogP contribution in [0.1, 0.15) is 68.1 Å². The minimum atomic E-state index is -3.40. The van der Waals surface area contributed by atoms with Crippen molar-refractivity contribution in [1.29, 1.82) is 0 Å². The third kappa shape index (κ3) is 6.70. The molecule has 1 saturated carbocycles. The number of carbonyl (C=O) groups is 1. The highest BCUT2D eigenvalue weighted by atomic mass is 32.2. The van der Waals surface area contributed by atoms with E-state index in [-0.39, 0.29) is 29.0 Å². The summed E-state index contributed by atoms with van der Waals surface area (Å²) in [5, 5.41) is 3.63. The van der Waals surface area contributed by atoms with Crippen LogP contribution >= 0.6 is 11.3 Å². The number of nitrogens with one attached hydrogen (secondary N) is 1. The van der Waals surface area contributed by atoms with E-state index in [1.165, 1.54) is 17.7 Å². The molecule has 3 aliphatic rings. The van der Waals surface area contributed by atoms with E-state index in [9.17, 15) is 13.2 Å². The maximum absolute atomic E-state index is 12.8. The molecule has 0 unspecified atom stereocenters. The van der Waals surface area contributed by atoms with E-state index in [2.05, 4.69) is 24.1 Å². The zero-order valence-electron chi connectivity index (χ0n) is 23.1. The number of hydrogen-bond donors (Lipinski definition) is 1. The second-order valence-corrected chi connectivity index (χ2v) is 14.4. The van der Waals surface area contributed by atoms with Crippen LogP contribution in [0.15, 0.2) is 53.0 Å². The molecule has 7 nitrogen and oxygen atoms in total. The number of sulfone groups is 1. The van der Waals surface area contributed by atoms with E-state index in [4.69, 9.17) is 9.72 Å². The predicted molar refractivity (Wildman–Crippen MR) is 156 cm³/mol. The topological polar surface area (TPSA) is 88.6 Å². The van der Waals surface area contributed by atoms with Crippen molar-refractivity contribution in [3.8, 4) is 0 Å². The Hall–Kier alpha value is -2.33. The quantitative estimate of drug-likeness (QED) is 0.395. The second-order valence-electron chi connectivity index (χ2n) is 11.4. The Morgan fingerprint density at radius 2 is 1.92 bits per heavy atom. The molecule has 1 aromatic heterocycles. The molecule has 0 radical (unpaired) electrons. The average molecular weight is 570 g/mol. The first-order chi connectivity index (χ1) is 18.7. The second kappa shape index (κ2) is 12.0. The van der Waals surface area contributed by atoms with Gasteiger partial charge in [-0.1, -0.05) is 44.2 Å². The molecule has 2 aliphatic carbocycles. The highest BCUT2D eigenvalue weighted by Gasteiger charge is 2.37. The number of nitrogens with zero attached hydrogens (tertiary/aromatic N) is 2. The molecule has 1 N–H and O–H groups in total. The minimum Gasteiger partial charge on any atom is -0.381 e. The van der Waals surface area contributed by atoms with Gasteiger partial charge in [-0.25, -0.2) is 13.4 Å². The van der Waals surface area contributed by atoms with Gasteiger partial charge in [0.1, 0.15) is 0 Å². The average Bonchev–Trinajstić information content (AvgIpc) is 3.61. The van der Waals surface area contributed by atoms with Crippen LogP contribution in [0.2, 0.25) is 0 Å². The van der Waals surface area contributed by atoms with Gasteiger partial charge in [0.25, 0.3) is 0 Å². The predicted octanol–water partition coefficient (Wildman–Crippen LogP) is 5.70. The number of carbonyl (C=O) groups excluding carboxylic acids is 1. The van der Waals surface area contributed by atoms with Crippen LogP contribution in [0, 0.1) is 11.8 Å². The van der Waals surface area contributed by atoms with Gasteiger partial charge in [0.15, 0.2) is 15.0 Å². The van der Waals surface area contributed by atoms with Gasteiger partial charge >= 0.3 is 0 Å². The zero-order valence-corrected chi connectivity index (χ0v) is 24.7. The number of hydrogen-bond acceptors (Lipinski definition) is 7. The van der Waals surface area contributed by atoms with Crippen LogP contribution in [0.25, 0.3) is 0 Å². The van der Waals surface area contributed by atoms with E-state index in [0.717, 1.165) is 49.2 Å². The fourth-order valence-electron chi connectivity index (χ4n) is 6.09. The van der Waals surface area contributed by atoms with Crippen molar-refractivity contribution in [2.24, 2.45) is 11.8 Å². The number of benzene rings is 1. The maximum Gasteiger partial charge on any atom is 0.230 e. The Bertz CT molecular complexity index is 1340. The monoisotopic (exact) mass is 569 g/mol. The number of fused-ring (bicyclic) bond motifs is 1. The van der Waals surface area contributed by atoms with Crippen molar-refractivity contribution in [2.75, 3.05) is 24.7 Å². The first-order valence-electron chi connectivity index (χ1n) is 14.0. The lowest BCUT2D eigenvalue weighted by atomic mass is 9.86. The summed E-state index contributed by atoms with van der Waals surface area (Å²) in [5.41, 5.74) is 2.70. The van der Waals surface area contributed by atoms with Gasteiger partial charge in [0, 0.05) is 25.1 Å². The Balaban J connectivity index is 1.17. The summed E-state index contributed by atoms with van der Waals surface area (Å²) in [4.78, 5) is 21.8. The summed E-state index contributed by atoms with van der Waals surface area (Å²) >= 11 is 1.58. The molecule has 2 aromatic rings. The third-order valence-corrected chi connectivity index (χ3v) is 10.8. The van der Waals surface area contributed by atoms with Gasteiger partial charge in [-0.2, -0.15) is 0 Å². The molecule has 39 heavy (non-hydrogen) atoms. The Morgan fingerprint density at radius 3 is 2.56 bits per heavy atom. The van der Waals surface area contributed by atoms with E-state index in [1.807, 2.05) is 25.3 Å². The van der Waals surface area contributed by atoms with Crippen molar-refractivity contribution in [3.63, 3.8) is 0 Å². The fraction of sp³-hybridized carbons (Fsp3) is 0.533. The summed E-state index contributed by atoms with van der Waals surface area (Å²) in [6, 6.07) is 6.91. The summed E-state index contributed by atoms with van der Waals surface area (Å²) < 4.78 is 30.9. The van der Waals surface area contributed by atoms with E-state index < -0.39 is 9.84 Å². The fourth-order valence-corrected chi connectivity index (χ4v) is 8.51. The van der Waals surface area contributed by atoms with Gasteiger partial charge in [0.05, 0.1) is 34.9 Å². The molecule has 0 spiro atoms. The van der Waals surface area contributed by atoms with Crippen molar-refractivity contribution in [3.05, 3.63) is 64.2 Å².